The number of nitriles is 1. The molecule has 0 bridgehead atoms. The van der Waals surface area contributed by atoms with Gasteiger partial charge in [-0.25, -0.2) is 0 Å². The molecule has 6 rings (SSSR count). The smallest absolute Gasteiger partial charge is 0.352 e. The van der Waals surface area contributed by atoms with Gasteiger partial charge in [-0.2, -0.15) is 10.0 Å². The van der Waals surface area contributed by atoms with E-state index < -0.39 is 7.51 Å². The number of rotatable bonds is 5. The number of para-hydroxylation sites is 2. The highest BCUT2D eigenvalue weighted by Crippen LogP contribution is 2.66. The summed E-state index contributed by atoms with van der Waals surface area (Å²) in [7, 11) is -3.10. The largest absolute Gasteiger partial charge is 0.427 e. The Bertz CT molecular complexity index is 1640. The van der Waals surface area contributed by atoms with Crippen molar-refractivity contribution < 1.29 is 9.05 Å². The van der Waals surface area contributed by atoms with Crippen LogP contribution in [0.2, 0.25) is 0 Å². The Kier molecular flexibility index (Phi) is 5.62. The third kappa shape index (κ3) is 4.18. The highest BCUT2D eigenvalue weighted by molar-refractivity contribution is 7.68. The van der Waals surface area contributed by atoms with Crippen LogP contribution in [0.3, 0.4) is 0 Å². The van der Waals surface area contributed by atoms with E-state index >= 15 is 0 Å². The average molecular weight is 484 g/mol. The summed E-state index contributed by atoms with van der Waals surface area (Å²) in [5, 5.41) is 12.4. The minimum Gasteiger partial charge on any atom is -0.427 e. The van der Waals surface area contributed by atoms with E-state index in [-0.39, 0.29) is 0 Å². The van der Waals surface area contributed by atoms with Crippen LogP contribution in [-0.2, 0) is 0 Å². The third-order valence-electron chi connectivity index (χ3n) is 5.99. The molecule has 0 radical (unpaired) electrons. The first kappa shape index (κ1) is 21.9. The highest BCUT2D eigenvalue weighted by atomic mass is 31.2. The molecule has 0 unspecified atom stereocenters. The van der Waals surface area contributed by atoms with Gasteiger partial charge in [0.15, 0.2) is 0 Å². The van der Waals surface area contributed by atoms with E-state index in [0.29, 0.717) is 17.1 Å². The molecule has 5 aromatic carbocycles. The van der Waals surface area contributed by atoms with E-state index in [1.807, 2.05) is 97.1 Å². The minimum atomic E-state index is -3.10. The number of hydrogen-bond donors (Lipinski definition) is 0. The zero-order valence-electron chi connectivity index (χ0n) is 19.3. The van der Waals surface area contributed by atoms with Crippen molar-refractivity contribution in [1.29, 1.82) is 5.26 Å². The number of benzene rings is 5. The van der Waals surface area contributed by atoms with Crippen LogP contribution >= 0.6 is 7.51 Å². The quantitative estimate of drug-likeness (QED) is 0.234. The second-order valence-corrected chi connectivity index (χ2v) is 10.5. The Morgan fingerprint density at radius 1 is 0.639 bits per heavy atom. The van der Waals surface area contributed by atoms with Gasteiger partial charge >= 0.3 is 7.51 Å². The van der Waals surface area contributed by atoms with Crippen molar-refractivity contribution in [3.63, 3.8) is 0 Å². The first-order valence-electron chi connectivity index (χ1n) is 11.6. The monoisotopic (exact) mass is 484 g/mol. The van der Waals surface area contributed by atoms with E-state index in [9.17, 15) is 5.26 Å². The van der Waals surface area contributed by atoms with Crippen LogP contribution < -0.4 is 9.05 Å². The minimum absolute atomic E-state index is 0.593. The van der Waals surface area contributed by atoms with E-state index in [2.05, 4.69) is 36.4 Å². The highest BCUT2D eigenvalue weighted by Gasteiger charge is 2.36. The SMILES string of the molecule is N#Cc1ccc(C2=Cc3cc4ccccc4cc3N=P2(Oc2ccccc2)Oc2ccccc2)cc1. The van der Waals surface area contributed by atoms with Crippen LogP contribution in [0.5, 0.6) is 11.5 Å². The summed E-state index contributed by atoms with van der Waals surface area (Å²) in [6.45, 7) is 0. The standard InChI is InChI=1S/C31H21N2O2P/c32-22-23-15-17-24(18-16-23)31-21-27-19-25-9-7-8-10-26(25)20-30(27)33-36(31,34-28-11-3-1-4-12-28)35-29-13-5-2-6-14-29/h1-21H. The van der Waals surface area contributed by atoms with Crippen LogP contribution in [0.15, 0.2) is 126 Å². The van der Waals surface area contributed by atoms with E-state index in [1.165, 1.54) is 0 Å². The van der Waals surface area contributed by atoms with Gasteiger partial charge in [-0.15, -0.1) is 0 Å². The Morgan fingerprint density at radius 2 is 1.19 bits per heavy atom. The zero-order valence-corrected chi connectivity index (χ0v) is 20.2. The molecule has 1 heterocycles. The molecule has 0 atom stereocenters. The van der Waals surface area contributed by atoms with Gasteiger partial charge in [-0.1, -0.05) is 72.8 Å². The van der Waals surface area contributed by atoms with Crippen molar-refractivity contribution in [2.24, 2.45) is 4.74 Å². The van der Waals surface area contributed by atoms with Gasteiger partial charge in [0, 0.05) is 5.56 Å². The summed E-state index contributed by atoms with van der Waals surface area (Å²) in [5.41, 5.74) is 3.32. The molecule has 5 heteroatoms. The number of hydrogen-bond acceptors (Lipinski definition) is 4. The maximum absolute atomic E-state index is 9.34. The average Bonchev–Trinajstić information content (AvgIpc) is 2.93. The predicted octanol–water partition coefficient (Wildman–Crippen LogP) is 9.04. The van der Waals surface area contributed by atoms with Gasteiger partial charge in [0.25, 0.3) is 0 Å². The summed E-state index contributed by atoms with van der Waals surface area (Å²) in [6, 6.07) is 41.5. The first-order chi connectivity index (χ1) is 17.7. The van der Waals surface area contributed by atoms with Crippen LogP contribution in [0.1, 0.15) is 16.7 Å². The predicted molar refractivity (Wildman–Crippen MR) is 146 cm³/mol. The van der Waals surface area contributed by atoms with E-state index in [1.54, 1.807) is 0 Å². The molecule has 0 amide bonds. The van der Waals surface area contributed by atoms with Gasteiger partial charge in [0.05, 0.1) is 22.6 Å². The normalized spacial score (nSPS) is 13.6. The molecule has 1 aliphatic heterocycles. The van der Waals surface area contributed by atoms with Gasteiger partial charge < -0.3 is 9.05 Å². The summed E-state index contributed by atoms with van der Waals surface area (Å²) >= 11 is 0. The molecule has 0 N–H and O–H groups in total. The lowest BCUT2D eigenvalue weighted by Crippen LogP contribution is -2.06. The fraction of sp³-hybridized carbons (Fsp3) is 0. The van der Waals surface area contributed by atoms with Gasteiger partial charge in [-0.3, -0.25) is 0 Å². The molecule has 0 fully saturated rings. The second-order valence-electron chi connectivity index (χ2n) is 8.41. The van der Waals surface area contributed by atoms with Crippen LogP contribution in [0, 0.1) is 11.3 Å². The molecule has 0 saturated heterocycles. The molecular weight excluding hydrogens is 463 g/mol. The summed E-state index contributed by atoms with van der Waals surface area (Å²) in [5.74, 6) is 1.35. The van der Waals surface area contributed by atoms with Crippen molar-refractivity contribution in [1.82, 2.24) is 0 Å². The van der Waals surface area contributed by atoms with Crippen molar-refractivity contribution >= 4 is 35.4 Å². The van der Waals surface area contributed by atoms with Crippen molar-refractivity contribution in [2.45, 2.75) is 0 Å². The Morgan fingerprint density at radius 3 is 1.78 bits per heavy atom. The molecule has 172 valence electrons. The fourth-order valence-electron chi connectivity index (χ4n) is 4.24. The van der Waals surface area contributed by atoms with Crippen LogP contribution in [0.25, 0.3) is 22.2 Å². The maximum atomic E-state index is 9.34. The Hall–Kier alpha value is -4.58. The molecule has 4 nitrogen and oxygen atoms in total. The third-order valence-corrected chi connectivity index (χ3v) is 8.38. The Labute approximate surface area is 209 Å². The van der Waals surface area contributed by atoms with E-state index in [4.69, 9.17) is 13.8 Å². The summed E-state index contributed by atoms with van der Waals surface area (Å²) < 4.78 is 18.7. The van der Waals surface area contributed by atoms with Gasteiger partial charge in [0.1, 0.15) is 11.5 Å². The molecule has 0 aromatic heterocycles. The lowest BCUT2D eigenvalue weighted by Gasteiger charge is -2.30. The molecule has 0 aliphatic carbocycles. The topological polar surface area (TPSA) is 54.6 Å². The molecule has 5 aromatic rings. The zero-order chi connectivity index (χ0) is 24.4. The lowest BCUT2D eigenvalue weighted by atomic mass is 10.0. The molecule has 0 spiro atoms. The van der Waals surface area contributed by atoms with Crippen LogP contribution in [-0.4, -0.2) is 0 Å². The summed E-state index contributed by atoms with van der Waals surface area (Å²) in [4.78, 5) is 0. The van der Waals surface area contributed by atoms with E-state index in [0.717, 1.165) is 32.9 Å². The van der Waals surface area contributed by atoms with Crippen LogP contribution in [0.4, 0.5) is 5.69 Å². The Balaban J connectivity index is 1.63. The first-order valence-corrected chi connectivity index (χ1v) is 13.2. The maximum Gasteiger partial charge on any atom is 0.352 e. The van der Waals surface area contributed by atoms with Crippen molar-refractivity contribution in [3.8, 4) is 17.6 Å². The van der Waals surface area contributed by atoms with Gasteiger partial charge in [0.2, 0.25) is 0 Å². The fourth-order valence-corrected chi connectivity index (χ4v) is 6.71. The molecule has 0 saturated carbocycles. The lowest BCUT2D eigenvalue weighted by molar-refractivity contribution is 0.488. The molecule has 1 aliphatic rings. The number of nitrogens with zero attached hydrogens (tertiary/aromatic N) is 2. The van der Waals surface area contributed by atoms with Crippen molar-refractivity contribution in [2.75, 3.05) is 0 Å². The van der Waals surface area contributed by atoms with Crippen molar-refractivity contribution in [3.05, 3.63) is 138 Å². The van der Waals surface area contributed by atoms with Gasteiger partial charge in [-0.05, 0) is 70.9 Å². The summed E-state index contributed by atoms with van der Waals surface area (Å²) in [6.07, 6.45) is 2.12. The molecule has 36 heavy (non-hydrogen) atoms. The number of fused-ring (bicyclic) bond motifs is 2. The molecular formula is C31H21N2O2P. The second kappa shape index (κ2) is 9.23.